The highest BCUT2D eigenvalue weighted by Gasteiger charge is 2.12. The van der Waals surface area contributed by atoms with E-state index in [9.17, 15) is 0 Å². The molecule has 0 fully saturated rings. The highest BCUT2D eigenvalue weighted by Crippen LogP contribution is 2.35. The van der Waals surface area contributed by atoms with Gasteiger partial charge in [0, 0.05) is 4.90 Å². The lowest BCUT2D eigenvalue weighted by atomic mass is 10.3. The Morgan fingerprint density at radius 1 is 1.33 bits per heavy atom. The van der Waals surface area contributed by atoms with Crippen LogP contribution in [0.3, 0.4) is 0 Å². The molecule has 0 aliphatic carbocycles. The van der Waals surface area contributed by atoms with Gasteiger partial charge in [0.15, 0.2) is 11.5 Å². The summed E-state index contributed by atoms with van der Waals surface area (Å²) < 4.78 is 10.3. The predicted octanol–water partition coefficient (Wildman–Crippen LogP) is 1.99. The van der Waals surface area contributed by atoms with Crippen molar-refractivity contribution in [3.63, 3.8) is 0 Å². The Morgan fingerprint density at radius 3 is 3.00 bits per heavy atom. The molecule has 0 spiro atoms. The molecule has 1 aromatic carbocycles. The van der Waals surface area contributed by atoms with Crippen LogP contribution in [-0.2, 0) is 0 Å². The number of nitriles is 1. The summed E-state index contributed by atoms with van der Waals surface area (Å²) in [5, 5.41) is 10.4. The van der Waals surface area contributed by atoms with Gasteiger partial charge in [-0.25, -0.2) is 0 Å². The molecule has 0 saturated heterocycles. The summed E-state index contributed by atoms with van der Waals surface area (Å²) in [6.07, 6.45) is 0. The van der Waals surface area contributed by atoms with Crippen molar-refractivity contribution in [1.29, 1.82) is 5.26 Å². The zero-order valence-electron chi connectivity index (χ0n) is 6.11. The first-order chi connectivity index (χ1) is 5.90. The molecule has 1 aliphatic rings. The third kappa shape index (κ3) is 1.19. The molecule has 3 nitrogen and oxygen atoms in total. The number of rotatable bonds is 1. The summed E-state index contributed by atoms with van der Waals surface area (Å²) in [5.74, 6) is 1.47. The maximum atomic E-state index is 8.41. The maximum absolute atomic E-state index is 8.41. The van der Waals surface area contributed by atoms with Crippen LogP contribution in [0, 0.1) is 10.7 Å². The highest BCUT2D eigenvalue weighted by atomic mass is 32.2. The Morgan fingerprint density at radius 2 is 2.17 bits per heavy atom. The molecule has 0 radical (unpaired) electrons. The quantitative estimate of drug-likeness (QED) is 0.488. The summed E-state index contributed by atoms with van der Waals surface area (Å²) in [6, 6.07) is 5.44. The van der Waals surface area contributed by atoms with Crippen molar-refractivity contribution in [3.8, 4) is 16.9 Å². The van der Waals surface area contributed by atoms with Crippen molar-refractivity contribution >= 4 is 11.8 Å². The Balaban J connectivity index is 2.34. The molecule has 0 atom stereocenters. The number of thioether (sulfide) groups is 1. The van der Waals surface area contributed by atoms with Crippen LogP contribution in [0.2, 0.25) is 0 Å². The summed E-state index contributed by atoms with van der Waals surface area (Å²) in [7, 11) is 0. The van der Waals surface area contributed by atoms with Crippen LogP contribution in [0.15, 0.2) is 23.1 Å². The topological polar surface area (TPSA) is 42.2 Å². The van der Waals surface area contributed by atoms with Crippen LogP contribution in [0.4, 0.5) is 0 Å². The first kappa shape index (κ1) is 7.32. The van der Waals surface area contributed by atoms with Gasteiger partial charge in [0.1, 0.15) is 5.40 Å². The van der Waals surface area contributed by atoms with Crippen molar-refractivity contribution in [1.82, 2.24) is 0 Å². The highest BCUT2D eigenvalue weighted by molar-refractivity contribution is 8.03. The van der Waals surface area contributed by atoms with Crippen molar-refractivity contribution in [2.75, 3.05) is 6.79 Å². The van der Waals surface area contributed by atoms with Crippen LogP contribution in [0.1, 0.15) is 0 Å². The minimum Gasteiger partial charge on any atom is -0.454 e. The van der Waals surface area contributed by atoms with E-state index in [1.54, 1.807) is 6.07 Å². The zero-order chi connectivity index (χ0) is 8.39. The molecule has 1 heterocycles. The minimum atomic E-state index is 0.274. The van der Waals surface area contributed by atoms with Crippen molar-refractivity contribution in [2.45, 2.75) is 4.90 Å². The standard InChI is InChI=1S/C8H5NO2S/c9-4-12-6-1-2-7-8(3-6)11-5-10-7/h1-3H,5H2. The molecule has 0 N–H and O–H groups in total. The van der Waals surface area contributed by atoms with Gasteiger partial charge in [0.2, 0.25) is 6.79 Å². The Labute approximate surface area is 73.9 Å². The lowest BCUT2D eigenvalue weighted by Gasteiger charge is -1.96. The van der Waals surface area contributed by atoms with Crippen LogP contribution in [0.5, 0.6) is 11.5 Å². The van der Waals surface area contributed by atoms with Crippen LogP contribution >= 0.6 is 11.8 Å². The number of hydrogen-bond donors (Lipinski definition) is 0. The fourth-order valence-corrected chi connectivity index (χ4v) is 1.40. The van der Waals surface area contributed by atoms with Crippen LogP contribution in [-0.4, -0.2) is 6.79 Å². The third-order valence-electron chi connectivity index (χ3n) is 1.51. The Bertz CT molecular complexity index is 345. The predicted molar refractivity (Wildman–Crippen MR) is 44.0 cm³/mol. The van der Waals surface area contributed by atoms with E-state index in [0.717, 1.165) is 28.2 Å². The average Bonchev–Trinajstić information content (AvgIpc) is 2.51. The molecule has 0 saturated carbocycles. The normalized spacial score (nSPS) is 12.6. The van der Waals surface area contributed by atoms with E-state index in [0.29, 0.717) is 0 Å². The van der Waals surface area contributed by atoms with Gasteiger partial charge in [-0.1, -0.05) is 0 Å². The average molecular weight is 179 g/mol. The molecular formula is C8H5NO2S. The molecule has 0 bridgehead atoms. The molecule has 0 unspecified atom stereocenters. The molecule has 60 valence electrons. The second-order valence-corrected chi connectivity index (χ2v) is 3.07. The number of hydrogen-bond acceptors (Lipinski definition) is 4. The van der Waals surface area contributed by atoms with E-state index in [2.05, 4.69) is 0 Å². The minimum absolute atomic E-state index is 0.274. The molecule has 1 aliphatic heterocycles. The van der Waals surface area contributed by atoms with Gasteiger partial charge in [0.05, 0.1) is 0 Å². The van der Waals surface area contributed by atoms with Crippen molar-refractivity contribution in [2.24, 2.45) is 0 Å². The van der Waals surface area contributed by atoms with E-state index < -0.39 is 0 Å². The van der Waals surface area contributed by atoms with E-state index in [1.165, 1.54) is 0 Å². The Hall–Kier alpha value is -1.34. The van der Waals surface area contributed by atoms with Gasteiger partial charge < -0.3 is 9.47 Å². The fraction of sp³-hybridized carbons (Fsp3) is 0.125. The summed E-state index contributed by atoms with van der Waals surface area (Å²) >= 11 is 1.11. The largest absolute Gasteiger partial charge is 0.454 e. The SMILES string of the molecule is N#CSc1ccc2c(c1)OCO2. The number of nitrogens with zero attached hydrogens (tertiary/aromatic N) is 1. The number of ether oxygens (including phenoxy) is 2. The second-order valence-electron chi connectivity index (χ2n) is 2.21. The van der Waals surface area contributed by atoms with E-state index in [-0.39, 0.29) is 6.79 Å². The van der Waals surface area contributed by atoms with Crippen LogP contribution < -0.4 is 9.47 Å². The van der Waals surface area contributed by atoms with Gasteiger partial charge in [-0.15, -0.1) is 0 Å². The second kappa shape index (κ2) is 2.95. The molecular weight excluding hydrogens is 174 g/mol. The Kier molecular flexibility index (Phi) is 1.80. The number of fused-ring (bicyclic) bond motifs is 1. The van der Waals surface area contributed by atoms with E-state index >= 15 is 0 Å². The molecule has 1 aromatic rings. The molecule has 4 heteroatoms. The molecule has 2 rings (SSSR count). The van der Waals surface area contributed by atoms with Gasteiger partial charge in [-0.05, 0) is 30.0 Å². The van der Waals surface area contributed by atoms with E-state index in [4.69, 9.17) is 14.7 Å². The lowest BCUT2D eigenvalue weighted by Crippen LogP contribution is -1.92. The molecule has 0 aromatic heterocycles. The lowest BCUT2D eigenvalue weighted by molar-refractivity contribution is 0.174. The fourth-order valence-electron chi connectivity index (χ4n) is 0.993. The van der Waals surface area contributed by atoms with Crippen LogP contribution in [0.25, 0.3) is 0 Å². The molecule has 12 heavy (non-hydrogen) atoms. The molecule has 0 amide bonds. The smallest absolute Gasteiger partial charge is 0.231 e. The summed E-state index contributed by atoms with van der Waals surface area (Å²) in [4.78, 5) is 0.877. The van der Waals surface area contributed by atoms with Gasteiger partial charge in [-0.2, -0.15) is 5.26 Å². The summed E-state index contributed by atoms with van der Waals surface area (Å²) in [5.41, 5.74) is 0. The van der Waals surface area contributed by atoms with Crippen molar-refractivity contribution in [3.05, 3.63) is 18.2 Å². The number of benzene rings is 1. The van der Waals surface area contributed by atoms with Gasteiger partial charge >= 0.3 is 0 Å². The first-order valence-corrected chi connectivity index (χ1v) is 4.17. The van der Waals surface area contributed by atoms with E-state index in [1.807, 2.05) is 17.5 Å². The third-order valence-corrected chi connectivity index (χ3v) is 2.09. The van der Waals surface area contributed by atoms with Gasteiger partial charge in [0.25, 0.3) is 0 Å². The van der Waals surface area contributed by atoms with Gasteiger partial charge in [-0.3, -0.25) is 0 Å². The summed E-state index contributed by atoms with van der Waals surface area (Å²) in [6.45, 7) is 0.274. The first-order valence-electron chi connectivity index (χ1n) is 3.36. The van der Waals surface area contributed by atoms with Crippen molar-refractivity contribution < 1.29 is 9.47 Å². The number of thiocyanates is 1. The zero-order valence-corrected chi connectivity index (χ0v) is 6.93. The maximum Gasteiger partial charge on any atom is 0.231 e. The monoisotopic (exact) mass is 179 g/mol.